The lowest BCUT2D eigenvalue weighted by atomic mass is 9.84. The third kappa shape index (κ3) is 2.20. The summed E-state index contributed by atoms with van der Waals surface area (Å²) in [6, 6.07) is 5.69. The maximum Gasteiger partial charge on any atom is 0.251 e. The molecule has 2 aromatic rings. The minimum atomic E-state index is -0.00447. The lowest BCUT2D eigenvalue weighted by Crippen LogP contribution is -2.40. The first kappa shape index (κ1) is 12.8. The summed E-state index contributed by atoms with van der Waals surface area (Å²) in [5.74, 6) is 2.38. The second-order valence-corrected chi connectivity index (χ2v) is 6.63. The number of hydrogen-bond acceptors (Lipinski definition) is 3. The molecule has 1 heterocycles. The number of nitrogens with zero attached hydrogens (tertiary/aromatic N) is 2. The van der Waals surface area contributed by atoms with Crippen LogP contribution in [0.3, 0.4) is 0 Å². The number of amides is 1. The molecule has 0 saturated heterocycles. The van der Waals surface area contributed by atoms with Crippen molar-refractivity contribution >= 4 is 16.9 Å². The second kappa shape index (κ2) is 4.83. The van der Waals surface area contributed by atoms with Crippen LogP contribution in [0.2, 0.25) is 0 Å². The van der Waals surface area contributed by atoms with Gasteiger partial charge in [-0.2, -0.15) is 15.4 Å². The lowest BCUT2D eigenvalue weighted by Gasteiger charge is -2.28. The van der Waals surface area contributed by atoms with Gasteiger partial charge in [0.1, 0.15) is 11.0 Å². The molecule has 4 rings (SSSR count). The normalized spacial score (nSPS) is 28.9. The van der Waals surface area contributed by atoms with E-state index in [-0.39, 0.29) is 11.9 Å². The van der Waals surface area contributed by atoms with E-state index in [0.717, 1.165) is 22.9 Å². The van der Waals surface area contributed by atoms with Crippen molar-refractivity contribution in [2.45, 2.75) is 38.6 Å². The number of H-pyrrole nitrogens is 1. The molecule has 4 unspecified atom stereocenters. The van der Waals surface area contributed by atoms with Crippen molar-refractivity contribution in [3.8, 4) is 0 Å². The standard InChI is InChI=1S/C16H20N4O/c1-9(13-7-10-2-3-11(13)6-10)17-16(21)12-4-5-14-15(8-12)19-20-18-14/h4-5,8-11,13H,2-3,6-7H2,1H3,(H,17,21)(H,18,19,20). The molecule has 0 radical (unpaired) electrons. The van der Waals surface area contributed by atoms with Crippen molar-refractivity contribution in [3.05, 3.63) is 23.8 Å². The fourth-order valence-corrected chi connectivity index (χ4v) is 4.28. The summed E-state index contributed by atoms with van der Waals surface area (Å²) in [4.78, 5) is 12.4. The topological polar surface area (TPSA) is 70.7 Å². The molecule has 1 amide bonds. The number of carbonyl (C=O) groups excluding carboxylic acids is 1. The van der Waals surface area contributed by atoms with Gasteiger partial charge in [-0.15, -0.1) is 0 Å². The Hall–Kier alpha value is -1.91. The summed E-state index contributed by atoms with van der Waals surface area (Å²) in [6.07, 6.45) is 5.40. The molecule has 0 aliphatic heterocycles. The predicted molar refractivity (Wildman–Crippen MR) is 79.8 cm³/mol. The molecule has 2 aliphatic carbocycles. The van der Waals surface area contributed by atoms with E-state index >= 15 is 0 Å². The summed E-state index contributed by atoms with van der Waals surface area (Å²) in [5, 5.41) is 13.8. The molecule has 2 fully saturated rings. The predicted octanol–water partition coefficient (Wildman–Crippen LogP) is 2.51. The number of hydrogen-bond donors (Lipinski definition) is 2. The maximum atomic E-state index is 12.4. The van der Waals surface area contributed by atoms with Crippen molar-refractivity contribution in [1.82, 2.24) is 20.7 Å². The number of benzene rings is 1. The van der Waals surface area contributed by atoms with Crippen molar-refractivity contribution in [2.24, 2.45) is 17.8 Å². The number of carbonyl (C=O) groups is 1. The Morgan fingerprint density at radius 3 is 2.90 bits per heavy atom. The number of rotatable bonds is 3. The van der Waals surface area contributed by atoms with E-state index in [1.807, 2.05) is 12.1 Å². The van der Waals surface area contributed by atoms with Crippen LogP contribution in [-0.4, -0.2) is 27.4 Å². The zero-order valence-electron chi connectivity index (χ0n) is 12.2. The van der Waals surface area contributed by atoms with E-state index < -0.39 is 0 Å². The van der Waals surface area contributed by atoms with Gasteiger partial charge in [-0.3, -0.25) is 4.79 Å². The maximum absolute atomic E-state index is 12.4. The molecule has 1 aromatic carbocycles. The summed E-state index contributed by atoms with van der Waals surface area (Å²) >= 11 is 0. The van der Waals surface area contributed by atoms with Gasteiger partial charge < -0.3 is 5.32 Å². The Balaban J connectivity index is 1.47. The molecule has 2 aliphatic rings. The summed E-state index contributed by atoms with van der Waals surface area (Å²) in [6.45, 7) is 2.15. The van der Waals surface area contributed by atoms with Crippen molar-refractivity contribution in [3.63, 3.8) is 0 Å². The summed E-state index contributed by atoms with van der Waals surface area (Å²) < 4.78 is 0. The van der Waals surface area contributed by atoms with Crippen molar-refractivity contribution in [2.75, 3.05) is 0 Å². The first-order valence-corrected chi connectivity index (χ1v) is 7.82. The molecule has 5 heteroatoms. The number of aromatic amines is 1. The minimum Gasteiger partial charge on any atom is -0.349 e. The highest BCUT2D eigenvalue weighted by Gasteiger charge is 2.42. The van der Waals surface area contributed by atoms with Gasteiger partial charge in [0.2, 0.25) is 0 Å². The molecule has 110 valence electrons. The highest BCUT2D eigenvalue weighted by atomic mass is 16.1. The van der Waals surface area contributed by atoms with Crippen LogP contribution >= 0.6 is 0 Å². The lowest BCUT2D eigenvalue weighted by molar-refractivity contribution is 0.0915. The highest BCUT2D eigenvalue weighted by molar-refractivity contribution is 5.97. The molecular weight excluding hydrogens is 264 g/mol. The van der Waals surface area contributed by atoms with Gasteiger partial charge in [-0.05, 0) is 62.1 Å². The number of aromatic nitrogens is 3. The number of nitrogens with one attached hydrogen (secondary N) is 2. The van der Waals surface area contributed by atoms with E-state index in [9.17, 15) is 4.79 Å². The van der Waals surface area contributed by atoms with Gasteiger partial charge in [0.05, 0.1) is 0 Å². The van der Waals surface area contributed by atoms with E-state index in [1.165, 1.54) is 25.7 Å². The van der Waals surface area contributed by atoms with Gasteiger partial charge in [-0.25, -0.2) is 0 Å². The van der Waals surface area contributed by atoms with Gasteiger partial charge >= 0.3 is 0 Å². The third-order valence-corrected chi connectivity index (χ3v) is 5.37. The minimum absolute atomic E-state index is 0.00447. The molecule has 4 atom stereocenters. The van der Waals surface area contributed by atoms with Crippen LogP contribution in [0.15, 0.2) is 18.2 Å². The Morgan fingerprint density at radius 1 is 1.29 bits per heavy atom. The Labute approximate surface area is 123 Å². The van der Waals surface area contributed by atoms with Gasteiger partial charge in [0.25, 0.3) is 5.91 Å². The van der Waals surface area contributed by atoms with Crippen molar-refractivity contribution in [1.29, 1.82) is 0 Å². The van der Waals surface area contributed by atoms with Gasteiger partial charge in [0, 0.05) is 11.6 Å². The van der Waals surface area contributed by atoms with Crippen molar-refractivity contribution < 1.29 is 4.79 Å². The average Bonchev–Trinajstić information content (AvgIpc) is 3.21. The smallest absolute Gasteiger partial charge is 0.251 e. The quantitative estimate of drug-likeness (QED) is 0.909. The Kier molecular flexibility index (Phi) is 2.94. The SMILES string of the molecule is CC(NC(=O)c1ccc2n[nH]nc2c1)C1CC2CCC1C2. The molecule has 2 N–H and O–H groups in total. The fraction of sp³-hybridized carbons (Fsp3) is 0.562. The van der Waals surface area contributed by atoms with Crippen LogP contribution in [0.1, 0.15) is 43.0 Å². The van der Waals surface area contributed by atoms with Gasteiger partial charge in [0.15, 0.2) is 0 Å². The largest absolute Gasteiger partial charge is 0.349 e. The van der Waals surface area contributed by atoms with E-state index in [1.54, 1.807) is 6.07 Å². The first-order valence-electron chi connectivity index (χ1n) is 7.82. The van der Waals surface area contributed by atoms with E-state index in [2.05, 4.69) is 27.7 Å². The summed E-state index contributed by atoms with van der Waals surface area (Å²) in [7, 11) is 0. The van der Waals surface area contributed by atoms with Crippen LogP contribution in [0, 0.1) is 17.8 Å². The average molecular weight is 284 g/mol. The van der Waals surface area contributed by atoms with Gasteiger partial charge in [-0.1, -0.05) is 6.42 Å². The molecule has 21 heavy (non-hydrogen) atoms. The summed E-state index contributed by atoms with van der Waals surface area (Å²) in [5.41, 5.74) is 2.18. The fourth-order valence-electron chi connectivity index (χ4n) is 4.28. The van der Waals surface area contributed by atoms with E-state index in [4.69, 9.17) is 0 Å². The molecule has 2 saturated carbocycles. The van der Waals surface area contributed by atoms with Crippen LogP contribution in [0.4, 0.5) is 0 Å². The second-order valence-electron chi connectivity index (χ2n) is 6.63. The van der Waals surface area contributed by atoms with E-state index in [0.29, 0.717) is 11.5 Å². The third-order valence-electron chi connectivity index (χ3n) is 5.37. The molecule has 2 bridgehead atoms. The zero-order chi connectivity index (χ0) is 14.4. The highest BCUT2D eigenvalue weighted by Crippen LogP contribution is 2.49. The molecule has 1 aromatic heterocycles. The first-order chi connectivity index (χ1) is 10.2. The van der Waals surface area contributed by atoms with Crippen LogP contribution in [0.25, 0.3) is 11.0 Å². The number of fused-ring (bicyclic) bond motifs is 3. The van der Waals surface area contributed by atoms with Crippen LogP contribution in [-0.2, 0) is 0 Å². The Morgan fingerprint density at radius 2 is 2.14 bits per heavy atom. The molecule has 5 nitrogen and oxygen atoms in total. The van der Waals surface area contributed by atoms with Crippen LogP contribution < -0.4 is 5.32 Å². The zero-order valence-corrected chi connectivity index (χ0v) is 12.2. The Bertz CT molecular complexity index is 680. The monoisotopic (exact) mass is 284 g/mol. The molecular formula is C16H20N4O. The molecule has 0 spiro atoms. The van der Waals surface area contributed by atoms with Crippen LogP contribution in [0.5, 0.6) is 0 Å².